The SMILES string of the molecule is CCC(OCCc1cccs1)C(=N)N. The Morgan fingerprint density at radius 2 is 2.50 bits per heavy atom. The average molecular weight is 212 g/mol. The molecule has 3 N–H and O–H groups in total. The van der Waals surface area contributed by atoms with Gasteiger partial charge in [-0.05, 0) is 17.9 Å². The van der Waals surface area contributed by atoms with Crippen molar-refractivity contribution in [2.75, 3.05) is 6.61 Å². The van der Waals surface area contributed by atoms with Gasteiger partial charge in [-0.2, -0.15) is 0 Å². The predicted molar refractivity (Wildman–Crippen MR) is 60.0 cm³/mol. The maximum Gasteiger partial charge on any atom is 0.120 e. The van der Waals surface area contributed by atoms with Crippen molar-refractivity contribution < 1.29 is 4.74 Å². The molecule has 1 aromatic heterocycles. The fraction of sp³-hybridized carbons (Fsp3) is 0.500. The highest BCUT2D eigenvalue weighted by Crippen LogP contribution is 2.09. The zero-order valence-corrected chi connectivity index (χ0v) is 9.14. The molecular formula is C10H16N2OS. The van der Waals surface area contributed by atoms with Crippen LogP contribution in [0.5, 0.6) is 0 Å². The lowest BCUT2D eigenvalue weighted by atomic mass is 10.2. The number of ether oxygens (including phenoxy) is 1. The van der Waals surface area contributed by atoms with Crippen molar-refractivity contribution >= 4 is 17.2 Å². The molecule has 0 amide bonds. The molecule has 0 aliphatic carbocycles. The molecule has 0 spiro atoms. The van der Waals surface area contributed by atoms with Crippen molar-refractivity contribution in [1.29, 1.82) is 5.41 Å². The van der Waals surface area contributed by atoms with Crippen LogP contribution < -0.4 is 5.73 Å². The van der Waals surface area contributed by atoms with E-state index >= 15 is 0 Å². The van der Waals surface area contributed by atoms with Gasteiger partial charge in [0.2, 0.25) is 0 Å². The molecule has 0 bridgehead atoms. The summed E-state index contributed by atoms with van der Waals surface area (Å²) in [7, 11) is 0. The molecule has 4 heteroatoms. The normalized spacial score (nSPS) is 12.6. The van der Waals surface area contributed by atoms with Gasteiger partial charge in [-0.1, -0.05) is 13.0 Å². The lowest BCUT2D eigenvalue weighted by Crippen LogP contribution is -2.30. The van der Waals surface area contributed by atoms with Crippen LogP contribution in [0.3, 0.4) is 0 Å². The van der Waals surface area contributed by atoms with Crippen LogP contribution in [-0.4, -0.2) is 18.5 Å². The fourth-order valence-electron chi connectivity index (χ4n) is 1.18. The Morgan fingerprint density at radius 3 is 3.00 bits per heavy atom. The number of amidine groups is 1. The van der Waals surface area contributed by atoms with Gasteiger partial charge in [0.15, 0.2) is 0 Å². The van der Waals surface area contributed by atoms with E-state index in [0.717, 1.165) is 12.8 Å². The van der Waals surface area contributed by atoms with E-state index in [4.69, 9.17) is 15.9 Å². The summed E-state index contributed by atoms with van der Waals surface area (Å²) in [5.41, 5.74) is 5.37. The van der Waals surface area contributed by atoms with E-state index in [1.807, 2.05) is 13.0 Å². The number of hydrogen-bond acceptors (Lipinski definition) is 3. The fourth-order valence-corrected chi connectivity index (χ4v) is 1.87. The summed E-state index contributed by atoms with van der Waals surface area (Å²) in [6, 6.07) is 4.12. The van der Waals surface area contributed by atoms with Crippen molar-refractivity contribution in [3.8, 4) is 0 Å². The molecule has 78 valence electrons. The molecule has 1 aromatic rings. The monoisotopic (exact) mass is 212 g/mol. The third kappa shape index (κ3) is 3.47. The summed E-state index contributed by atoms with van der Waals surface area (Å²) in [5.74, 6) is 0.124. The van der Waals surface area contributed by atoms with Crippen LogP contribution in [0.25, 0.3) is 0 Å². The third-order valence-corrected chi connectivity index (χ3v) is 2.90. The topological polar surface area (TPSA) is 59.1 Å². The van der Waals surface area contributed by atoms with Crippen molar-refractivity contribution in [2.45, 2.75) is 25.9 Å². The molecule has 0 fully saturated rings. The Balaban J connectivity index is 2.23. The molecule has 0 radical (unpaired) electrons. The second-order valence-electron chi connectivity index (χ2n) is 3.05. The van der Waals surface area contributed by atoms with Crippen LogP contribution in [-0.2, 0) is 11.2 Å². The van der Waals surface area contributed by atoms with E-state index in [-0.39, 0.29) is 11.9 Å². The highest BCUT2D eigenvalue weighted by atomic mass is 32.1. The van der Waals surface area contributed by atoms with Crippen molar-refractivity contribution in [1.82, 2.24) is 0 Å². The van der Waals surface area contributed by atoms with Gasteiger partial charge in [0.05, 0.1) is 6.61 Å². The first-order valence-electron chi connectivity index (χ1n) is 4.72. The van der Waals surface area contributed by atoms with Crippen LogP contribution in [0.15, 0.2) is 17.5 Å². The van der Waals surface area contributed by atoms with Crippen molar-refractivity contribution in [3.63, 3.8) is 0 Å². The lowest BCUT2D eigenvalue weighted by molar-refractivity contribution is 0.0969. The lowest BCUT2D eigenvalue weighted by Gasteiger charge is -2.13. The van der Waals surface area contributed by atoms with Gasteiger partial charge in [-0.15, -0.1) is 11.3 Å². The summed E-state index contributed by atoms with van der Waals surface area (Å²) in [6.07, 6.45) is 1.45. The maximum absolute atomic E-state index is 7.26. The molecule has 0 aliphatic rings. The molecular weight excluding hydrogens is 196 g/mol. The number of hydrogen-bond donors (Lipinski definition) is 2. The first-order chi connectivity index (χ1) is 6.74. The molecule has 1 unspecified atom stereocenters. The summed E-state index contributed by atoms with van der Waals surface area (Å²) in [6.45, 7) is 2.61. The Morgan fingerprint density at radius 1 is 1.71 bits per heavy atom. The van der Waals surface area contributed by atoms with Crippen LogP contribution in [0, 0.1) is 5.41 Å². The largest absolute Gasteiger partial charge is 0.385 e. The molecule has 14 heavy (non-hydrogen) atoms. The van der Waals surface area contributed by atoms with Crippen LogP contribution >= 0.6 is 11.3 Å². The first-order valence-corrected chi connectivity index (χ1v) is 5.60. The highest BCUT2D eigenvalue weighted by molar-refractivity contribution is 7.09. The maximum atomic E-state index is 7.26. The number of rotatable bonds is 6. The average Bonchev–Trinajstić information content (AvgIpc) is 2.64. The van der Waals surface area contributed by atoms with Crippen molar-refractivity contribution in [3.05, 3.63) is 22.4 Å². The minimum Gasteiger partial charge on any atom is -0.385 e. The standard InChI is InChI=1S/C10H16N2OS/c1-2-9(10(11)12)13-6-5-8-4-3-7-14-8/h3-4,7,9H,2,5-6H2,1H3,(H3,11,12). The zero-order chi connectivity index (χ0) is 10.4. The van der Waals surface area contributed by atoms with Crippen LogP contribution in [0.1, 0.15) is 18.2 Å². The van der Waals surface area contributed by atoms with E-state index in [1.54, 1.807) is 11.3 Å². The molecule has 1 atom stereocenters. The summed E-state index contributed by atoms with van der Waals surface area (Å²) in [5, 5.41) is 9.31. The zero-order valence-electron chi connectivity index (χ0n) is 8.32. The van der Waals surface area contributed by atoms with Crippen LogP contribution in [0.2, 0.25) is 0 Å². The second-order valence-corrected chi connectivity index (χ2v) is 4.08. The minimum absolute atomic E-state index is 0.124. The van der Waals surface area contributed by atoms with E-state index in [1.165, 1.54) is 4.88 Å². The Labute approximate surface area is 88.4 Å². The predicted octanol–water partition coefficient (Wildman–Crippen LogP) is 2.02. The number of nitrogens with two attached hydrogens (primary N) is 1. The molecule has 3 nitrogen and oxygen atoms in total. The van der Waals surface area contributed by atoms with Gasteiger partial charge in [0, 0.05) is 11.3 Å². The summed E-state index contributed by atoms with van der Waals surface area (Å²) in [4.78, 5) is 1.31. The van der Waals surface area contributed by atoms with E-state index in [0.29, 0.717) is 6.61 Å². The molecule has 0 saturated heterocycles. The van der Waals surface area contributed by atoms with Gasteiger partial charge in [-0.25, -0.2) is 0 Å². The molecule has 0 saturated carbocycles. The smallest absolute Gasteiger partial charge is 0.120 e. The molecule has 0 aromatic carbocycles. The summed E-state index contributed by atoms with van der Waals surface area (Å²) >= 11 is 1.73. The van der Waals surface area contributed by atoms with Crippen LogP contribution in [0.4, 0.5) is 0 Å². The quantitative estimate of drug-likeness (QED) is 0.560. The Kier molecular flexibility index (Phi) is 4.62. The van der Waals surface area contributed by atoms with Gasteiger partial charge >= 0.3 is 0 Å². The highest BCUT2D eigenvalue weighted by Gasteiger charge is 2.09. The minimum atomic E-state index is -0.213. The van der Waals surface area contributed by atoms with Crippen molar-refractivity contribution in [2.24, 2.45) is 5.73 Å². The second kappa shape index (κ2) is 5.78. The Hall–Kier alpha value is -0.870. The van der Waals surface area contributed by atoms with Gasteiger partial charge in [-0.3, -0.25) is 5.41 Å². The van der Waals surface area contributed by atoms with Gasteiger partial charge in [0.25, 0.3) is 0 Å². The third-order valence-electron chi connectivity index (χ3n) is 1.97. The Bertz CT molecular complexity index is 272. The first kappa shape index (κ1) is 11.2. The molecule has 1 rings (SSSR count). The molecule has 1 heterocycles. The number of nitrogens with one attached hydrogen (secondary N) is 1. The van der Waals surface area contributed by atoms with Gasteiger partial charge in [0.1, 0.15) is 11.9 Å². The summed E-state index contributed by atoms with van der Waals surface area (Å²) < 4.78 is 5.48. The number of thiophene rings is 1. The van der Waals surface area contributed by atoms with Gasteiger partial charge < -0.3 is 10.5 Å². The van der Waals surface area contributed by atoms with E-state index in [9.17, 15) is 0 Å². The van der Waals surface area contributed by atoms with E-state index < -0.39 is 0 Å². The molecule has 0 aliphatic heterocycles. The van der Waals surface area contributed by atoms with E-state index in [2.05, 4.69) is 11.4 Å².